The van der Waals surface area contributed by atoms with E-state index in [0.717, 1.165) is 11.3 Å². The summed E-state index contributed by atoms with van der Waals surface area (Å²) in [7, 11) is 0. The maximum Gasteiger partial charge on any atom is 0.269 e. The van der Waals surface area contributed by atoms with E-state index in [1.807, 2.05) is 32.0 Å². The third-order valence-corrected chi connectivity index (χ3v) is 3.32. The Labute approximate surface area is 128 Å². The number of hydrogen-bond donors (Lipinski definition) is 2. The number of ketones is 1. The molecule has 0 aliphatic carbocycles. The van der Waals surface area contributed by atoms with Crippen LogP contribution in [0.15, 0.2) is 24.3 Å². The summed E-state index contributed by atoms with van der Waals surface area (Å²) in [6, 6.07) is 7.29. The van der Waals surface area contributed by atoms with Gasteiger partial charge in [-0.2, -0.15) is 5.10 Å². The van der Waals surface area contributed by atoms with Crippen LogP contribution in [0.4, 0.5) is 0 Å². The van der Waals surface area contributed by atoms with Gasteiger partial charge in [-0.25, -0.2) is 0 Å². The van der Waals surface area contributed by atoms with Gasteiger partial charge in [0.2, 0.25) is 0 Å². The van der Waals surface area contributed by atoms with Crippen LogP contribution >= 0.6 is 0 Å². The molecule has 2 N–H and O–H groups in total. The lowest BCUT2D eigenvalue weighted by Gasteiger charge is -2.08. The van der Waals surface area contributed by atoms with Crippen LogP contribution in [0.1, 0.15) is 39.0 Å². The van der Waals surface area contributed by atoms with Crippen molar-refractivity contribution in [3.8, 4) is 5.75 Å². The summed E-state index contributed by atoms with van der Waals surface area (Å²) in [6.07, 6.45) is 0. The van der Waals surface area contributed by atoms with Crippen molar-refractivity contribution >= 4 is 11.7 Å². The Balaban J connectivity index is 1.79. The van der Waals surface area contributed by atoms with Crippen LogP contribution in [0.3, 0.4) is 0 Å². The van der Waals surface area contributed by atoms with E-state index in [9.17, 15) is 9.59 Å². The zero-order chi connectivity index (χ0) is 16.1. The molecule has 1 amide bonds. The monoisotopic (exact) mass is 301 g/mol. The fourth-order valence-corrected chi connectivity index (χ4v) is 1.85. The van der Waals surface area contributed by atoms with Gasteiger partial charge in [-0.3, -0.25) is 14.7 Å². The molecule has 1 aromatic heterocycles. The van der Waals surface area contributed by atoms with Crippen molar-refractivity contribution in [1.82, 2.24) is 15.5 Å². The highest BCUT2D eigenvalue weighted by Gasteiger charge is 2.11. The topological polar surface area (TPSA) is 84.1 Å². The van der Waals surface area contributed by atoms with E-state index in [1.54, 1.807) is 0 Å². The number of carbonyl (C=O) groups is 2. The van der Waals surface area contributed by atoms with Gasteiger partial charge in [0.15, 0.2) is 5.78 Å². The molecule has 0 bridgehead atoms. The summed E-state index contributed by atoms with van der Waals surface area (Å²) in [5, 5.41) is 9.00. The number of H-pyrrole nitrogens is 1. The molecule has 6 heteroatoms. The fraction of sp³-hybridized carbons (Fsp3) is 0.312. The first-order valence-corrected chi connectivity index (χ1v) is 7.02. The molecule has 116 valence electrons. The zero-order valence-electron chi connectivity index (χ0n) is 12.9. The van der Waals surface area contributed by atoms with Gasteiger partial charge in [0, 0.05) is 6.92 Å². The van der Waals surface area contributed by atoms with E-state index in [-0.39, 0.29) is 23.1 Å². The Kier molecular flexibility index (Phi) is 4.93. The van der Waals surface area contributed by atoms with Crippen LogP contribution in [0.2, 0.25) is 0 Å². The number of hydrogen-bond acceptors (Lipinski definition) is 4. The number of aryl methyl sites for hydroxylation is 2. The predicted octanol–water partition coefficient (Wildman–Crippen LogP) is 2.04. The molecule has 2 rings (SSSR count). The number of nitrogens with zero attached hydrogens (tertiary/aromatic N) is 1. The first-order chi connectivity index (χ1) is 10.5. The zero-order valence-corrected chi connectivity index (χ0v) is 12.9. The van der Waals surface area contributed by atoms with Gasteiger partial charge in [-0.1, -0.05) is 6.07 Å². The van der Waals surface area contributed by atoms with Crippen LogP contribution in [0, 0.1) is 13.8 Å². The van der Waals surface area contributed by atoms with Gasteiger partial charge >= 0.3 is 0 Å². The highest BCUT2D eigenvalue weighted by atomic mass is 16.5. The first kappa shape index (κ1) is 15.8. The number of aromatic nitrogens is 2. The number of nitrogens with one attached hydrogen (secondary N) is 2. The van der Waals surface area contributed by atoms with Crippen molar-refractivity contribution < 1.29 is 14.3 Å². The van der Waals surface area contributed by atoms with Gasteiger partial charge < -0.3 is 10.1 Å². The fourth-order valence-electron chi connectivity index (χ4n) is 1.85. The Morgan fingerprint density at radius 2 is 2.00 bits per heavy atom. The standard InChI is InChI=1S/C16H19N3O3/c1-10-4-5-13(8-11(10)2)22-7-6-17-16(21)15-9-14(12(3)20)18-19-15/h4-5,8-9H,6-7H2,1-3H3,(H,17,21)(H,18,19). The number of aromatic amines is 1. The smallest absolute Gasteiger partial charge is 0.269 e. The third-order valence-electron chi connectivity index (χ3n) is 3.32. The molecule has 0 unspecified atom stereocenters. The number of amides is 1. The van der Waals surface area contributed by atoms with Gasteiger partial charge in [-0.05, 0) is 43.2 Å². The maximum absolute atomic E-state index is 11.8. The van der Waals surface area contributed by atoms with Crippen LogP contribution < -0.4 is 10.1 Å². The van der Waals surface area contributed by atoms with Gasteiger partial charge in [-0.15, -0.1) is 0 Å². The Bertz CT molecular complexity index is 692. The summed E-state index contributed by atoms with van der Waals surface area (Å²) in [4.78, 5) is 23.0. The summed E-state index contributed by atoms with van der Waals surface area (Å²) < 4.78 is 5.58. The van der Waals surface area contributed by atoms with Crippen molar-refractivity contribution in [2.24, 2.45) is 0 Å². The third kappa shape index (κ3) is 3.94. The normalized spacial score (nSPS) is 10.3. The van der Waals surface area contributed by atoms with E-state index in [2.05, 4.69) is 15.5 Å². The Hall–Kier alpha value is -2.63. The van der Waals surface area contributed by atoms with Crippen molar-refractivity contribution in [3.05, 3.63) is 46.8 Å². The molecule has 22 heavy (non-hydrogen) atoms. The molecule has 0 saturated heterocycles. The van der Waals surface area contributed by atoms with Crippen molar-refractivity contribution in [1.29, 1.82) is 0 Å². The van der Waals surface area contributed by atoms with E-state index in [0.29, 0.717) is 13.2 Å². The lowest BCUT2D eigenvalue weighted by Crippen LogP contribution is -2.28. The van der Waals surface area contributed by atoms with Gasteiger partial charge in [0.25, 0.3) is 5.91 Å². The summed E-state index contributed by atoms with van der Waals surface area (Å²) in [5.41, 5.74) is 2.88. The molecule has 0 aliphatic rings. The molecule has 0 radical (unpaired) electrons. The maximum atomic E-state index is 11.8. The predicted molar refractivity (Wildman–Crippen MR) is 82.3 cm³/mol. The largest absolute Gasteiger partial charge is 0.492 e. The van der Waals surface area contributed by atoms with E-state index >= 15 is 0 Å². The number of carbonyl (C=O) groups excluding carboxylic acids is 2. The molecular weight excluding hydrogens is 282 g/mol. The van der Waals surface area contributed by atoms with Crippen LogP contribution in [-0.4, -0.2) is 35.0 Å². The molecule has 1 heterocycles. The molecule has 0 fully saturated rings. The van der Waals surface area contributed by atoms with Crippen LogP contribution in [0.25, 0.3) is 0 Å². The summed E-state index contributed by atoms with van der Waals surface area (Å²) >= 11 is 0. The van der Waals surface area contributed by atoms with E-state index in [1.165, 1.54) is 18.6 Å². The second-order valence-electron chi connectivity index (χ2n) is 5.07. The number of rotatable bonds is 6. The highest BCUT2D eigenvalue weighted by Crippen LogP contribution is 2.16. The highest BCUT2D eigenvalue weighted by molar-refractivity contribution is 5.97. The molecule has 0 aliphatic heterocycles. The minimum atomic E-state index is -0.316. The Morgan fingerprint density at radius 3 is 2.64 bits per heavy atom. The van der Waals surface area contributed by atoms with Crippen molar-refractivity contribution in [2.45, 2.75) is 20.8 Å². The average molecular weight is 301 g/mol. The SMILES string of the molecule is CC(=O)c1cc(C(=O)NCCOc2ccc(C)c(C)c2)[nH]n1. The summed E-state index contributed by atoms with van der Waals surface area (Å²) in [6.45, 7) is 6.19. The van der Waals surface area contributed by atoms with E-state index < -0.39 is 0 Å². The second-order valence-corrected chi connectivity index (χ2v) is 5.07. The molecule has 0 spiro atoms. The quantitative estimate of drug-likeness (QED) is 0.631. The lowest BCUT2D eigenvalue weighted by atomic mass is 10.1. The molecule has 1 aromatic carbocycles. The molecule has 0 saturated carbocycles. The Morgan fingerprint density at radius 1 is 1.23 bits per heavy atom. The van der Waals surface area contributed by atoms with Gasteiger partial charge in [0.1, 0.15) is 23.7 Å². The number of Topliss-reactive ketones (excluding diaryl/α,β-unsaturated/α-hetero) is 1. The lowest BCUT2D eigenvalue weighted by molar-refractivity contribution is 0.0941. The average Bonchev–Trinajstić information content (AvgIpc) is 2.97. The minimum Gasteiger partial charge on any atom is -0.492 e. The van der Waals surface area contributed by atoms with Gasteiger partial charge in [0.05, 0.1) is 6.54 Å². The molecule has 6 nitrogen and oxygen atoms in total. The van der Waals surface area contributed by atoms with Crippen molar-refractivity contribution in [2.75, 3.05) is 13.2 Å². The molecular formula is C16H19N3O3. The minimum absolute atomic E-state index is 0.187. The van der Waals surface area contributed by atoms with Crippen LogP contribution in [-0.2, 0) is 0 Å². The number of benzene rings is 1. The second kappa shape index (κ2) is 6.89. The van der Waals surface area contributed by atoms with E-state index in [4.69, 9.17) is 4.74 Å². The summed E-state index contributed by atoms with van der Waals surface area (Å²) in [5.74, 6) is 0.273. The first-order valence-electron chi connectivity index (χ1n) is 7.02. The van der Waals surface area contributed by atoms with Crippen molar-refractivity contribution in [3.63, 3.8) is 0 Å². The number of ether oxygens (including phenoxy) is 1. The van der Waals surface area contributed by atoms with Crippen LogP contribution in [0.5, 0.6) is 5.75 Å². The molecule has 0 atom stereocenters. The molecule has 2 aromatic rings.